The molecule has 1 aromatic carbocycles. The number of benzene rings is 1. The van der Waals surface area contributed by atoms with E-state index in [4.69, 9.17) is 15.5 Å². The van der Waals surface area contributed by atoms with Gasteiger partial charge in [-0.15, -0.1) is 0 Å². The van der Waals surface area contributed by atoms with Crippen LogP contribution in [-0.4, -0.2) is 92.5 Å². The maximum atomic E-state index is 14.1. The van der Waals surface area contributed by atoms with E-state index in [1.807, 2.05) is 52.0 Å². The van der Waals surface area contributed by atoms with E-state index in [0.29, 0.717) is 59.3 Å². The van der Waals surface area contributed by atoms with E-state index in [9.17, 15) is 14.4 Å². The zero-order valence-corrected chi connectivity index (χ0v) is 32.9. The Kier molecular flexibility index (Phi) is 11.7. The SMILES string of the molecule is CCn1nc(C)cc1NC(=O)c1nc2cccnc2n1C/C=C/Cn1c(C(=O)Nc2cc(C)nn2CC)nc2cc(C(N)=O)cc(OCCCN3CCCCC3)c21. The zero-order valence-electron chi connectivity index (χ0n) is 32.9. The van der Waals surface area contributed by atoms with Crippen LogP contribution in [0.25, 0.3) is 22.2 Å². The molecule has 7 rings (SSSR count). The molecule has 0 atom stereocenters. The van der Waals surface area contributed by atoms with Gasteiger partial charge in [-0.05, 0) is 84.3 Å². The molecule has 6 heterocycles. The van der Waals surface area contributed by atoms with Gasteiger partial charge in [-0.3, -0.25) is 14.4 Å². The van der Waals surface area contributed by atoms with Crippen molar-refractivity contribution in [1.29, 1.82) is 0 Å². The number of imidazole rings is 2. The standard InChI is InChI=1S/C40H49N13O4/c1-5-52-32(22-26(3)47-52)45-39(55)37-44-30-24-28(35(41)54)25-31(57-21-13-18-49-16-8-7-9-17-49)34(30)50(37)19-10-11-20-51-36-29(14-12-15-42-36)43-38(51)40(56)46-33-23-27(4)48-53(33)6-2/h10-12,14-15,22-25H,5-9,13,16-21H2,1-4H3,(H2,41,54)(H,45,55)(H,46,56)/b11-10+. The highest BCUT2D eigenvalue weighted by atomic mass is 16.5. The Hall–Kier alpha value is -6.36. The Morgan fingerprint density at radius 3 is 2.07 bits per heavy atom. The second-order valence-electron chi connectivity index (χ2n) is 14.1. The van der Waals surface area contributed by atoms with Crippen molar-refractivity contribution in [3.8, 4) is 5.75 Å². The predicted molar refractivity (Wildman–Crippen MR) is 217 cm³/mol. The van der Waals surface area contributed by atoms with Crippen molar-refractivity contribution in [3.05, 3.63) is 83.3 Å². The van der Waals surface area contributed by atoms with E-state index in [2.05, 4.69) is 35.7 Å². The summed E-state index contributed by atoms with van der Waals surface area (Å²) >= 11 is 0. The fraction of sp³-hybridized carbons (Fsp3) is 0.400. The molecule has 3 amide bonds. The molecular weight excluding hydrogens is 727 g/mol. The number of nitrogens with zero attached hydrogens (tertiary/aromatic N) is 10. The molecule has 6 aromatic rings. The highest BCUT2D eigenvalue weighted by Gasteiger charge is 2.24. The molecular formula is C40H49N13O4. The first-order valence-corrected chi connectivity index (χ1v) is 19.5. The number of nitrogens with one attached hydrogen (secondary N) is 2. The summed E-state index contributed by atoms with van der Waals surface area (Å²) in [6, 6.07) is 10.4. The molecule has 1 aliphatic rings. The van der Waals surface area contributed by atoms with Gasteiger partial charge in [0.25, 0.3) is 11.8 Å². The molecule has 57 heavy (non-hydrogen) atoms. The summed E-state index contributed by atoms with van der Waals surface area (Å²) in [6.07, 6.45) is 9.87. The minimum Gasteiger partial charge on any atom is -0.491 e. The number of primary amides is 1. The zero-order chi connectivity index (χ0) is 40.1. The Balaban J connectivity index is 1.21. The van der Waals surface area contributed by atoms with Crippen molar-refractivity contribution < 1.29 is 19.1 Å². The highest BCUT2D eigenvalue weighted by molar-refractivity contribution is 6.05. The van der Waals surface area contributed by atoms with Crippen LogP contribution in [-0.2, 0) is 26.2 Å². The van der Waals surface area contributed by atoms with Crippen LogP contribution < -0.4 is 21.1 Å². The third-order valence-electron chi connectivity index (χ3n) is 9.96. The number of aromatic nitrogens is 9. The summed E-state index contributed by atoms with van der Waals surface area (Å²) in [5.41, 5.74) is 9.59. The molecule has 1 saturated heterocycles. The van der Waals surface area contributed by atoms with Gasteiger partial charge in [0.2, 0.25) is 17.6 Å². The van der Waals surface area contributed by atoms with Crippen LogP contribution >= 0.6 is 0 Å². The lowest BCUT2D eigenvalue weighted by Gasteiger charge is -2.26. The molecule has 0 spiro atoms. The first-order chi connectivity index (χ1) is 27.6. The average Bonchev–Trinajstić information content (AvgIpc) is 3.97. The van der Waals surface area contributed by atoms with Crippen molar-refractivity contribution in [3.63, 3.8) is 0 Å². The number of hydrogen-bond acceptors (Lipinski definition) is 10. The summed E-state index contributed by atoms with van der Waals surface area (Å²) in [5, 5.41) is 14.8. The van der Waals surface area contributed by atoms with Crippen molar-refractivity contribution in [2.45, 2.75) is 79.6 Å². The quantitative estimate of drug-likeness (QED) is 0.0894. The molecule has 0 radical (unpaired) electrons. The topological polar surface area (TPSA) is 198 Å². The van der Waals surface area contributed by atoms with Gasteiger partial charge in [0.15, 0.2) is 5.65 Å². The molecule has 17 nitrogen and oxygen atoms in total. The number of carbonyl (C=O) groups excluding carboxylic acids is 3. The van der Waals surface area contributed by atoms with Crippen LogP contribution in [0.1, 0.15) is 82.5 Å². The summed E-state index contributed by atoms with van der Waals surface area (Å²) in [5.74, 6) is 0.303. The lowest BCUT2D eigenvalue weighted by Crippen LogP contribution is -2.31. The molecule has 5 aromatic heterocycles. The summed E-state index contributed by atoms with van der Waals surface area (Å²) in [7, 11) is 0. The van der Waals surface area contributed by atoms with Crippen LogP contribution in [0, 0.1) is 13.8 Å². The second kappa shape index (κ2) is 17.2. The van der Waals surface area contributed by atoms with Gasteiger partial charge in [0.05, 0.1) is 23.5 Å². The number of rotatable bonds is 16. The van der Waals surface area contributed by atoms with Gasteiger partial charge in [-0.25, -0.2) is 24.3 Å². The monoisotopic (exact) mass is 775 g/mol. The second-order valence-corrected chi connectivity index (χ2v) is 14.1. The molecule has 17 heteroatoms. The van der Waals surface area contributed by atoms with Gasteiger partial charge in [-0.1, -0.05) is 18.6 Å². The smallest absolute Gasteiger partial charge is 0.292 e. The summed E-state index contributed by atoms with van der Waals surface area (Å²) in [6.45, 7) is 12.7. The number of hydrogen-bond donors (Lipinski definition) is 3. The number of anilines is 2. The Morgan fingerprint density at radius 1 is 0.825 bits per heavy atom. The molecule has 0 aliphatic carbocycles. The molecule has 0 unspecified atom stereocenters. The third kappa shape index (κ3) is 8.57. The van der Waals surface area contributed by atoms with Crippen LogP contribution in [0.5, 0.6) is 5.75 Å². The van der Waals surface area contributed by atoms with E-state index < -0.39 is 17.7 Å². The number of carbonyl (C=O) groups is 3. The molecule has 1 aliphatic heterocycles. The van der Waals surface area contributed by atoms with Gasteiger partial charge in [0.1, 0.15) is 28.4 Å². The van der Waals surface area contributed by atoms with E-state index >= 15 is 0 Å². The molecule has 0 bridgehead atoms. The van der Waals surface area contributed by atoms with E-state index in [0.717, 1.165) is 37.4 Å². The number of fused-ring (bicyclic) bond motifs is 2. The van der Waals surface area contributed by atoms with Gasteiger partial charge in [0, 0.05) is 56.6 Å². The van der Waals surface area contributed by atoms with E-state index in [-0.39, 0.29) is 30.3 Å². The van der Waals surface area contributed by atoms with E-state index in [1.54, 1.807) is 49.0 Å². The average molecular weight is 776 g/mol. The number of pyridine rings is 1. The van der Waals surface area contributed by atoms with Gasteiger partial charge in [-0.2, -0.15) is 10.2 Å². The summed E-state index contributed by atoms with van der Waals surface area (Å²) in [4.78, 5) is 56.6. The fourth-order valence-corrected chi connectivity index (χ4v) is 7.27. The first-order valence-electron chi connectivity index (χ1n) is 19.5. The van der Waals surface area contributed by atoms with Crippen LogP contribution in [0.15, 0.2) is 54.7 Å². The Bertz CT molecular complexity index is 2450. The molecule has 298 valence electrons. The number of aryl methyl sites for hydroxylation is 4. The van der Waals surface area contributed by atoms with Crippen molar-refractivity contribution >= 4 is 51.6 Å². The summed E-state index contributed by atoms with van der Waals surface area (Å²) < 4.78 is 13.3. The van der Waals surface area contributed by atoms with Crippen molar-refractivity contribution in [2.24, 2.45) is 5.73 Å². The Morgan fingerprint density at radius 2 is 1.44 bits per heavy atom. The van der Waals surface area contributed by atoms with Gasteiger partial charge >= 0.3 is 0 Å². The lowest BCUT2D eigenvalue weighted by molar-refractivity contribution is 0.0994. The Labute approximate surface area is 329 Å². The number of allylic oxidation sites excluding steroid dienone is 2. The third-order valence-corrected chi connectivity index (χ3v) is 9.96. The number of amides is 3. The number of piperidine rings is 1. The number of likely N-dealkylation sites (tertiary alicyclic amines) is 1. The van der Waals surface area contributed by atoms with Crippen LogP contribution in [0.3, 0.4) is 0 Å². The number of ether oxygens (including phenoxy) is 1. The molecule has 4 N–H and O–H groups in total. The normalized spacial score (nSPS) is 13.5. The maximum Gasteiger partial charge on any atom is 0.292 e. The van der Waals surface area contributed by atoms with E-state index in [1.165, 1.54) is 19.3 Å². The molecule has 1 fully saturated rings. The number of nitrogens with two attached hydrogens (primary N) is 1. The maximum absolute atomic E-state index is 14.1. The van der Waals surface area contributed by atoms with Crippen LogP contribution in [0.2, 0.25) is 0 Å². The first kappa shape index (κ1) is 38.9. The lowest BCUT2D eigenvalue weighted by atomic mass is 10.1. The predicted octanol–water partition coefficient (Wildman–Crippen LogP) is 4.95. The van der Waals surface area contributed by atoms with Gasteiger partial charge < -0.3 is 35.1 Å². The highest BCUT2D eigenvalue weighted by Crippen LogP contribution is 2.30. The largest absolute Gasteiger partial charge is 0.491 e. The minimum absolute atomic E-state index is 0.105. The van der Waals surface area contributed by atoms with Crippen molar-refractivity contribution in [1.82, 2.24) is 48.5 Å². The molecule has 0 saturated carbocycles. The minimum atomic E-state index is -0.631. The fourth-order valence-electron chi connectivity index (χ4n) is 7.27. The van der Waals surface area contributed by atoms with Crippen molar-refractivity contribution in [2.75, 3.05) is 36.9 Å². The van der Waals surface area contributed by atoms with Crippen LogP contribution in [0.4, 0.5) is 11.6 Å².